The van der Waals surface area contributed by atoms with E-state index in [0.717, 1.165) is 12.1 Å². The van der Waals surface area contributed by atoms with Gasteiger partial charge < -0.3 is 19.7 Å². The molecule has 1 N–H and O–H groups in total. The van der Waals surface area contributed by atoms with Crippen LogP contribution < -0.4 is 5.32 Å². The number of halogens is 2. The normalized spacial score (nSPS) is 12.1. The predicted molar refractivity (Wildman–Crippen MR) is 92.8 cm³/mol. The van der Waals surface area contributed by atoms with Crippen LogP contribution in [0.2, 0.25) is 0 Å². The summed E-state index contributed by atoms with van der Waals surface area (Å²) in [6.45, 7) is 4.74. The summed E-state index contributed by atoms with van der Waals surface area (Å²) >= 11 is 0. The van der Waals surface area contributed by atoms with Crippen molar-refractivity contribution in [1.82, 2.24) is 10.2 Å². The molecule has 0 radical (unpaired) electrons. The summed E-state index contributed by atoms with van der Waals surface area (Å²) in [6.07, 6.45) is 0. The number of amides is 2. The molecule has 0 aromatic heterocycles. The topological polar surface area (TPSA) is 67.9 Å². The number of nitrogens with zero attached hydrogens (tertiary/aromatic N) is 1. The Labute approximate surface area is 152 Å². The number of carbonyl (C=O) groups excluding carboxylic acids is 2. The summed E-state index contributed by atoms with van der Waals surface area (Å²) in [4.78, 5) is 26.7. The predicted octanol–water partition coefficient (Wildman–Crippen LogP) is 1.84. The molecule has 0 aliphatic carbocycles. The maximum absolute atomic E-state index is 13.8. The van der Waals surface area contributed by atoms with E-state index < -0.39 is 29.1 Å². The number of methoxy groups -OCH3 is 2. The third-order valence-corrected chi connectivity index (χ3v) is 3.85. The van der Waals surface area contributed by atoms with Crippen molar-refractivity contribution in [2.45, 2.75) is 19.9 Å². The van der Waals surface area contributed by atoms with Crippen molar-refractivity contribution in [2.24, 2.45) is 5.92 Å². The Morgan fingerprint density at radius 2 is 1.58 bits per heavy atom. The fraction of sp³-hybridized carbons (Fsp3) is 0.556. The van der Waals surface area contributed by atoms with Gasteiger partial charge in [0.2, 0.25) is 5.91 Å². The Morgan fingerprint density at radius 1 is 1.08 bits per heavy atom. The first-order valence-electron chi connectivity index (χ1n) is 8.35. The van der Waals surface area contributed by atoms with Gasteiger partial charge in [0.25, 0.3) is 5.91 Å². The van der Waals surface area contributed by atoms with Crippen molar-refractivity contribution in [3.05, 3.63) is 35.4 Å². The van der Waals surface area contributed by atoms with E-state index in [4.69, 9.17) is 9.47 Å². The summed E-state index contributed by atoms with van der Waals surface area (Å²) in [7, 11) is 3.03. The first-order valence-corrected chi connectivity index (χ1v) is 8.35. The van der Waals surface area contributed by atoms with Gasteiger partial charge in [0.1, 0.15) is 23.2 Å². The molecule has 0 aliphatic heterocycles. The van der Waals surface area contributed by atoms with Gasteiger partial charge in [-0.1, -0.05) is 19.9 Å². The van der Waals surface area contributed by atoms with Gasteiger partial charge in [-0.15, -0.1) is 0 Å². The van der Waals surface area contributed by atoms with Gasteiger partial charge in [-0.25, -0.2) is 8.78 Å². The van der Waals surface area contributed by atoms with Crippen LogP contribution in [0.3, 0.4) is 0 Å². The van der Waals surface area contributed by atoms with Gasteiger partial charge in [-0.3, -0.25) is 9.59 Å². The highest BCUT2D eigenvalue weighted by molar-refractivity contribution is 5.98. The van der Waals surface area contributed by atoms with E-state index in [-0.39, 0.29) is 11.8 Å². The maximum Gasteiger partial charge on any atom is 0.257 e. The lowest BCUT2D eigenvalue weighted by atomic mass is 10.0. The molecule has 1 aromatic carbocycles. The summed E-state index contributed by atoms with van der Waals surface area (Å²) in [5.41, 5.74) is -0.703. The summed E-state index contributed by atoms with van der Waals surface area (Å²) < 4.78 is 37.6. The smallest absolute Gasteiger partial charge is 0.257 e. The van der Waals surface area contributed by atoms with Gasteiger partial charge in [-0.05, 0) is 18.1 Å². The lowest BCUT2D eigenvalue weighted by Gasteiger charge is -2.29. The minimum Gasteiger partial charge on any atom is -0.383 e. The van der Waals surface area contributed by atoms with Crippen molar-refractivity contribution in [3.8, 4) is 0 Å². The number of nitrogens with one attached hydrogen (secondary N) is 1. The quantitative estimate of drug-likeness (QED) is 0.681. The zero-order chi connectivity index (χ0) is 19.7. The van der Waals surface area contributed by atoms with Gasteiger partial charge in [0.15, 0.2) is 0 Å². The second-order valence-electron chi connectivity index (χ2n) is 6.10. The molecule has 1 unspecified atom stereocenters. The molecule has 1 rings (SSSR count). The van der Waals surface area contributed by atoms with Crippen LogP contribution in [0.5, 0.6) is 0 Å². The van der Waals surface area contributed by atoms with E-state index in [1.807, 2.05) is 0 Å². The number of hydrogen-bond acceptors (Lipinski definition) is 4. The van der Waals surface area contributed by atoms with E-state index in [1.165, 1.54) is 25.2 Å². The molecule has 0 fully saturated rings. The highest BCUT2D eigenvalue weighted by atomic mass is 19.1. The van der Waals surface area contributed by atoms with Crippen molar-refractivity contribution in [1.29, 1.82) is 0 Å². The molecule has 6 nitrogen and oxygen atoms in total. The molecule has 0 heterocycles. The Kier molecular flexibility index (Phi) is 9.15. The van der Waals surface area contributed by atoms with Crippen LogP contribution in [0, 0.1) is 17.6 Å². The number of rotatable bonds is 10. The van der Waals surface area contributed by atoms with Gasteiger partial charge >= 0.3 is 0 Å². The first-order chi connectivity index (χ1) is 12.3. The van der Waals surface area contributed by atoms with Crippen molar-refractivity contribution in [3.63, 3.8) is 0 Å². The first kappa shape index (κ1) is 22.0. The van der Waals surface area contributed by atoms with Gasteiger partial charge in [-0.2, -0.15) is 0 Å². The lowest BCUT2D eigenvalue weighted by molar-refractivity contribution is -0.135. The van der Waals surface area contributed by atoms with Crippen LogP contribution in [0.1, 0.15) is 24.2 Å². The number of hydrogen-bond donors (Lipinski definition) is 1. The Bertz CT molecular complexity index is 583. The SMILES string of the molecule is COCCN(CCOC)C(=O)C(NC(=O)c1c(F)cccc1F)C(C)C. The molecule has 0 saturated carbocycles. The third kappa shape index (κ3) is 6.03. The van der Waals surface area contributed by atoms with E-state index in [2.05, 4.69) is 5.32 Å². The van der Waals surface area contributed by atoms with Crippen LogP contribution in [0.25, 0.3) is 0 Å². The standard InChI is InChI=1S/C18H26F2N2O4/c1-12(2)16(18(24)22(8-10-25-3)9-11-26-4)21-17(23)15-13(19)6-5-7-14(15)20/h5-7,12,16H,8-11H2,1-4H3,(H,21,23). The minimum absolute atomic E-state index is 0.283. The van der Waals surface area contributed by atoms with Crippen LogP contribution in [-0.4, -0.2) is 63.3 Å². The number of ether oxygens (including phenoxy) is 2. The molecule has 146 valence electrons. The van der Waals surface area contributed by atoms with Crippen LogP contribution >= 0.6 is 0 Å². The van der Waals surface area contributed by atoms with Gasteiger partial charge in [0.05, 0.1) is 13.2 Å². The molecular formula is C18H26F2N2O4. The average Bonchev–Trinajstić information content (AvgIpc) is 2.59. The molecule has 0 bridgehead atoms. The highest BCUT2D eigenvalue weighted by Crippen LogP contribution is 2.14. The van der Waals surface area contributed by atoms with E-state index in [0.29, 0.717) is 26.3 Å². The van der Waals surface area contributed by atoms with Crippen molar-refractivity contribution in [2.75, 3.05) is 40.5 Å². The molecule has 0 aliphatic rings. The molecule has 8 heteroatoms. The molecule has 26 heavy (non-hydrogen) atoms. The second kappa shape index (κ2) is 10.8. The minimum atomic E-state index is -0.979. The zero-order valence-corrected chi connectivity index (χ0v) is 15.6. The Balaban J connectivity index is 2.98. The second-order valence-corrected chi connectivity index (χ2v) is 6.10. The Hall–Kier alpha value is -2.06. The molecule has 1 aromatic rings. The zero-order valence-electron chi connectivity index (χ0n) is 15.6. The lowest BCUT2D eigenvalue weighted by Crippen LogP contribution is -2.52. The monoisotopic (exact) mass is 372 g/mol. The van der Waals surface area contributed by atoms with Crippen molar-refractivity contribution < 1.29 is 27.8 Å². The number of benzene rings is 1. The average molecular weight is 372 g/mol. The largest absolute Gasteiger partial charge is 0.383 e. The maximum atomic E-state index is 13.8. The van der Waals surface area contributed by atoms with E-state index >= 15 is 0 Å². The summed E-state index contributed by atoms with van der Waals surface area (Å²) in [6, 6.07) is 2.22. The molecular weight excluding hydrogens is 346 g/mol. The molecule has 0 spiro atoms. The van der Waals surface area contributed by atoms with E-state index in [9.17, 15) is 18.4 Å². The molecule has 0 saturated heterocycles. The summed E-state index contributed by atoms with van der Waals surface area (Å²) in [5.74, 6) is -3.57. The number of carbonyl (C=O) groups is 2. The van der Waals surface area contributed by atoms with E-state index in [1.54, 1.807) is 13.8 Å². The summed E-state index contributed by atoms with van der Waals surface area (Å²) in [5, 5.41) is 2.46. The third-order valence-electron chi connectivity index (χ3n) is 3.85. The Morgan fingerprint density at radius 3 is 2.00 bits per heavy atom. The fourth-order valence-corrected chi connectivity index (χ4v) is 2.37. The highest BCUT2D eigenvalue weighted by Gasteiger charge is 2.30. The van der Waals surface area contributed by atoms with Crippen LogP contribution in [0.15, 0.2) is 18.2 Å². The van der Waals surface area contributed by atoms with Gasteiger partial charge in [0, 0.05) is 27.3 Å². The fourth-order valence-electron chi connectivity index (χ4n) is 2.37. The molecule has 1 atom stereocenters. The molecule has 2 amide bonds. The van der Waals surface area contributed by atoms with Crippen molar-refractivity contribution >= 4 is 11.8 Å². The van der Waals surface area contributed by atoms with Crippen LogP contribution in [0.4, 0.5) is 8.78 Å². The van der Waals surface area contributed by atoms with Crippen LogP contribution in [-0.2, 0) is 14.3 Å².